The second-order valence-electron chi connectivity index (χ2n) is 7.28. The van der Waals surface area contributed by atoms with Crippen molar-refractivity contribution in [2.24, 2.45) is 12.0 Å². The molecule has 1 heterocycles. The SMILES string of the molecule is CN=C(NCc1ccc(S(=O)(=O)N(C)C(C)C)cc1)N(C)Cc1cc(Cl)cn1C. The molecule has 9 heteroatoms. The third kappa shape index (κ3) is 5.74. The Kier molecular flexibility index (Phi) is 7.73. The summed E-state index contributed by atoms with van der Waals surface area (Å²) in [5, 5.41) is 4.01. The maximum absolute atomic E-state index is 12.6. The highest BCUT2D eigenvalue weighted by Crippen LogP contribution is 2.17. The number of aliphatic imine (C=N–C) groups is 1. The molecule has 1 N–H and O–H groups in total. The average molecular weight is 440 g/mol. The van der Waals surface area contributed by atoms with Crippen LogP contribution >= 0.6 is 11.6 Å². The Morgan fingerprint density at radius 1 is 1.24 bits per heavy atom. The lowest BCUT2D eigenvalue weighted by Gasteiger charge is -2.23. The Balaban J connectivity index is 2.02. The van der Waals surface area contributed by atoms with E-state index < -0.39 is 10.0 Å². The van der Waals surface area contributed by atoms with Crippen molar-refractivity contribution >= 4 is 27.6 Å². The topological polar surface area (TPSA) is 69.9 Å². The molecular formula is C20H30ClN5O2S. The Morgan fingerprint density at radius 3 is 2.34 bits per heavy atom. The molecule has 0 spiro atoms. The first-order chi connectivity index (χ1) is 13.6. The number of nitrogens with zero attached hydrogens (tertiary/aromatic N) is 4. The molecule has 7 nitrogen and oxygen atoms in total. The molecule has 2 aromatic rings. The summed E-state index contributed by atoms with van der Waals surface area (Å²) in [5.74, 6) is 0.735. The van der Waals surface area contributed by atoms with Crippen LogP contribution in [0.5, 0.6) is 0 Å². The van der Waals surface area contributed by atoms with Gasteiger partial charge in [0, 0.05) is 52.7 Å². The first-order valence-electron chi connectivity index (χ1n) is 9.35. The summed E-state index contributed by atoms with van der Waals surface area (Å²) < 4.78 is 28.5. The predicted molar refractivity (Wildman–Crippen MR) is 119 cm³/mol. The standard InChI is InChI=1S/C20H30ClN5O2S/c1-15(2)26(6)29(27,28)19-9-7-16(8-10-19)12-23-20(22-3)25(5)14-18-11-17(21)13-24(18)4/h7-11,13,15H,12,14H2,1-6H3,(H,22,23). The van der Waals surface area contributed by atoms with Gasteiger partial charge in [0.2, 0.25) is 10.0 Å². The van der Waals surface area contributed by atoms with Gasteiger partial charge in [0.15, 0.2) is 5.96 Å². The van der Waals surface area contributed by atoms with E-state index in [1.54, 1.807) is 26.2 Å². The quantitative estimate of drug-likeness (QED) is 0.532. The van der Waals surface area contributed by atoms with Crippen LogP contribution in [-0.2, 0) is 30.2 Å². The molecular weight excluding hydrogens is 410 g/mol. The second-order valence-corrected chi connectivity index (χ2v) is 9.71. The van der Waals surface area contributed by atoms with Crippen molar-refractivity contribution in [2.45, 2.75) is 37.9 Å². The van der Waals surface area contributed by atoms with Crippen molar-refractivity contribution in [3.63, 3.8) is 0 Å². The fraction of sp³-hybridized carbons (Fsp3) is 0.450. The fourth-order valence-electron chi connectivity index (χ4n) is 2.83. The van der Waals surface area contributed by atoms with Gasteiger partial charge in [-0.15, -0.1) is 0 Å². The summed E-state index contributed by atoms with van der Waals surface area (Å²) in [4.78, 5) is 6.62. The summed E-state index contributed by atoms with van der Waals surface area (Å²) in [6.07, 6.45) is 1.87. The minimum Gasteiger partial charge on any atom is -0.352 e. The van der Waals surface area contributed by atoms with Gasteiger partial charge in [0.25, 0.3) is 0 Å². The van der Waals surface area contributed by atoms with Gasteiger partial charge in [0.1, 0.15) is 0 Å². The molecule has 160 valence electrons. The molecule has 0 saturated heterocycles. The number of guanidine groups is 1. The number of sulfonamides is 1. The van der Waals surface area contributed by atoms with Crippen LogP contribution < -0.4 is 5.32 Å². The Morgan fingerprint density at radius 2 is 1.86 bits per heavy atom. The van der Waals surface area contributed by atoms with Crippen LogP contribution in [0.1, 0.15) is 25.1 Å². The molecule has 0 aliphatic heterocycles. The van der Waals surface area contributed by atoms with Crippen LogP contribution in [-0.4, -0.2) is 55.3 Å². The van der Waals surface area contributed by atoms with E-state index in [9.17, 15) is 8.42 Å². The summed E-state index contributed by atoms with van der Waals surface area (Å²) in [7, 11) is 3.76. The largest absolute Gasteiger partial charge is 0.352 e. The number of halogens is 1. The first-order valence-corrected chi connectivity index (χ1v) is 11.2. The van der Waals surface area contributed by atoms with Gasteiger partial charge < -0.3 is 14.8 Å². The van der Waals surface area contributed by atoms with E-state index >= 15 is 0 Å². The lowest BCUT2D eigenvalue weighted by molar-refractivity contribution is 0.410. The Hall–Kier alpha value is -2.03. The summed E-state index contributed by atoms with van der Waals surface area (Å²) in [6, 6.07) is 8.75. The number of rotatable bonds is 7. The van der Waals surface area contributed by atoms with Crippen molar-refractivity contribution in [2.75, 3.05) is 21.1 Å². The van der Waals surface area contributed by atoms with Crippen LogP contribution in [0.25, 0.3) is 0 Å². The van der Waals surface area contributed by atoms with E-state index in [0.717, 1.165) is 17.2 Å². The molecule has 0 atom stereocenters. The third-order valence-electron chi connectivity index (χ3n) is 4.83. The smallest absolute Gasteiger partial charge is 0.243 e. The summed E-state index contributed by atoms with van der Waals surface area (Å²) >= 11 is 6.05. The first kappa shape index (κ1) is 23.3. The zero-order chi connectivity index (χ0) is 21.8. The van der Waals surface area contributed by atoms with Gasteiger partial charge >= 0.3 is 0 Å². The molecule has 0 bridgehead atoms. The lowest BCUT2D eigenvalue weighted by atomic mass is 10.2. The van der Waals surface area contributed by atoms with Gasteiger partial charge in [-0.1, -0.05) is 23.7 Å². The van der Waals surface area contributed by atoms with Crippen molar-refractivity contribution in [1.82, 2.24) is 19.1 Å². The van der Waals surface area contributed by atoms with Crippen LogP contribution in [0.2, 0.25) is 5.02 Å². The lowest BCUT2D eigenvalue weighted by Crippen LogP contribution is -2.38. The van der Waals surface area contributed by atoms with Crippen molar-refractivity contribution in [3.8, 4) is 0 Å². The monoisotopic (exact) mass is 439 g/mol. The van der Waals surface area contributed by atoms with Crippen LogP contribution in [0.3, 0.4) is 0 Å². The molecule has 0 fully saturated rings. The number of benzene rings is 1. The Labute approximate surface area is 179 Å². The number of hydrogen-bond acceptors (Lipinski definition) is 3. The molecule has 0 amide bonds. The van der Waals surface area contributed by atoms with E-state index in [1.165, 1.54) is 4.31 Å². The number of nitrogens with one attached hydrogen (secondary N) is 1. The molecule has 1 aromatic carbocycles. The molecule has 0 aliphatic rings. The maximum atomic E-state index is 12.6. The summed E-state index contributed by atoms with van der Waals surface area (Å²) in [5.41, 5.74) is 2.04. The van der Waals surface area contributed by atoms with Crippen LogP contribution in [0, 0.1) is 0 Å². The van der Waals surface area contributed by atoms with E-state index in [2.05, 4.69) is 10.3 Å². The molecule has 2 rings (SSSR count). The molecule has 29 heavy (non-hydrogen) atoms. The highest BCUT2D eigenvalue weighted by Gasteiger charge is 2.22. The Bertz CT molecular complexity index is 952. The van der Waals surface area contributed by atoms with Gasteiger partial charge in [-0.3, -0.25) is 4.99 Å². The van der Waals surface area contributed by atoms with Gasteiger partial charge in [-0.2, -0.15) is 4.31 Å². The van der Waals surface area contributed by atoms with Crippen LogP contribution in [0.15, 0.2) is 46.4 Å². The van der Waals surface area contributed by atoms with Gasteiger partial charge in [-0.05, 0) is 37.6 Å². The molecule has 0 aliphatic carbocycles. The predicted octanol–water partition coefficient (Wildman–Crippen LogP) is 2.91. The zero-order valence-corrected chi connectivity index (χ0v) is 19.4. The highest BCUT2D eigenvalue weighted by atomic mass is 35.5. The van der Waals surface area contributed by atoms with Crippen molar-refractivity contribution in [1.29, 1.82) is 0 Å². The summed E-state index contributed by atoms with van der Waals surface area (Å²) in [6.45, 7) is 4.88. The third-order valence-corrected chi connectivity index (χ3v) is 7.08. The molecule has 0 unspecified atom stereocenters. The number of aromatic nitrogens is 1. The van der Waals surface area contributed by atoms with Gasteiger partial charge in [-0.25, -0.2) is 8.42 Å². The second kappa shape index (κ2) is 9.65. The van der Waals surface area contributed by atoms with E-state index in [1.807, 2.05) is 61.8 Å². The van der Waals surface area contributed by atoms with Crippen molar-refractivity contribution < 1.29 is 8.42 Å². The average Bonchev–Trinajstić information content (AvgIpc) is 2.98. The highest BCUT2D eigenvalue weighted by molar-refractivity contribution is 7.89. The zero-order valence-electron chi connectivity index (χ0n) is 17.8. The number of aryl methyl sites for hydroxylation is 1. The molecule has 1 aromatic heterocycles. The van der Waals surface area contributed by atoms with Crippen molar-refractivity contribution in [3.05, 3.63) is 52.8 Å². The molecule has 0 radical (unpaired) electrons. The van der Waals surface area contributed by atoms with Gasteiger partial charge in [0.05, 0.1) is 16.5 Å². The number of hydrogen-bond donors (Lipinski definition) is 1. The maximum Gasteiger partial charge on any atom is 0.243 e. The normalized spacial score (nSPS) is 12.7. The molecule has 0 saturated carbocycles. The minimum absolute atomic E-state index is 0.0979. The minimum atomic E-state index is -3.47. The van der Waals surface area contributed by atoms with E-state index in [0.29, 0.717) is 23.0 Å². The van der Waals surface area contributed by atoms with Crippen LogP contribution in [0.4, 0.5) is 0 Å². The fourth-order valence-corrected chi connectivity index (χ4v) is 4.47. The van der Waals surface area contributed by atoms with E-state index in [4.69, 9.17) is 11.6 Å². The van der Waals surface area contributed by atoms with E-state index in [-0.39, 0.29) is 6.04 Å².